The second-order valence-corrected chi connectivity index (χ2v) is 6.80. The number of fused-ring (bicyclic) bond motifs is 6. The summed E-state index contributed by atoms with van der Waals surface area (Å²) in [6.07, 6.45) is 2.90. The fourth-order valence-electron chi connectivity index (χ4n) is 5.48. The Bertz CT molecular complexity index is 940. The third kappa shape index (κ3) is 0.987. The van der Waals surface area contributed by atoms with Crippen LogP contribution in [0.5, 0.6) is 0 Å². The molecule has 0 N–H and O–H groups in total. The molecule has 0 radical (unpaired) electrons. The molecule has 0 saturated carbocycles. The standard InChI is InChI=1S/C21H12O2/c22-15-9-10-16(23)18-17(15)19-11-5-1-3-7-13(11)21(19)14-8-4-2-6-12(14)20(18)21/h1-10,19-20H/t19-,20?,21?/m0/s1. The Labute approximate surface area is 133 Å². The van der Waals surface area contributed by atoms with Gasteiger partial charge >= 0.3 is 0 Å². The summed E-state index contributed by atoms with van der Waals surface area (Å²) in [5.74, 6) is 0.127. The highest BCUT2D eigenvalue weighted by Gasteiger charge is 2.71. The van der Waals surface area contributed by atoms with Gasteiger partial charge in [0.15, 0.2) is 11.6 Å². The van der Waals surface area contributed by atoms with E-state index in [1.54, 1.807) is 0 Å². The second-order valence-electron chi connectivity index (χ2n) is 6.80. The molecule has 3 atom stereocenters. The first-order valence-corrected chi connectivity index (χ1v) is 7.96. The lowest BCUT2D eigenvalue weighted by Gasteiger charge is -2.59. The molecule has 0 aliphatic heterocycles. The molecule has 23 heavy (non-hydrogen) atoms. The van der Waals surface area contributed by atoms with E-state index in [1.165, 1.54) is 34.4 Å². The largest absolute Gasteiger partial charge is 0.290 e. The van der Waals surface area contributed by atoms with E-state index in [4.69, 9.17) is 0 Å². The molecule has 1 spiro atoms. The number of hydrogen-bond acceptors (Lipinski definition) is 2. The summed E-state index contributed by atoms with van der Waals surface area (Å²) in [7, 11) is 0. The van der Waals surface area contributed by atoms with Gasteiger partial charge in [-0.1, -0.05) is 48.5 Å². The quantitative estimate of drug-likeness (QED) is 0.700. The van der Waals surface area contributed by atoms with Crippen LogP contribution in [0.25, 0.3) is 0 Å². The average Bonchev–Trinajstić information content (AvgIpc) is 2.79. The third-order valence-corrected chi connectivity index (χ3v) is 6.13. The lowest BCUT2D eigenvalue weighted by molar-refractivity contribution is -0.115. The number of allylic oxidation sites excluding steroid dienone is 4. The van der Waals surface area contributed by atoms with E-state index in [9.17, 15) is 9.59 Å². The zero-order valence-electron chi connectivity index (χ0n) is 12.2. The van der Waals surface area contributed by atoms with Crippen LogP contribution >= 0.6 is 0 Å². The summed E-state index contributed by atoms with van der Waals surface area (Å²) in [4.78, 5) is 25.2. The van der Waals surface area contributed by atoms with Crippen molar-refractivity contribution in [2.75, 3.05) is 0 Å². The molecule has 2 unspecified atom stereocenters. The van der Waals surface area contributed by atoms with E-state index >= 15 is 0 Å². The van der Waals surface area contributed by atoms with Gasteiger partial charge in [0, 0.05) is 28.4 Å². The van der Waals surface area contributed by atoms with Gasteiger partial charge in [-0.3, -0.25) is 9.59 Å². The van der Waals surface area contributed by atoms with Crippen LogP contribution in [0.3, 0.4) is 0 Å². The second kappa shape index (κ2) is 3.43. The van der Waals surface area contributed by atoms with Crippen LogP contribution in [0.1, 0.15) is 34.1 Å². The lowest BCUT2D eigenvalue weighted by atomic mass is 9.42. The highest BCUT2D eigenvalue weighted by molar-refractivity contribution is 6.24. The van der Waals surface area contributed by atoms with Crippen molar-refractivity contribution in [3.05, 3.63) is 94.1 Å². The Balaban J connectivity index is 1.74. The van der Waals surface area contributed by atoms with Gasteiger partial charge in [-0.25, -0.2) is 0 Å². The first-order chi connectivity index (χ1) is 11.3. The number of carbonyl (C=O) groups excluding carboxylic acids is 2. The van der Waals surface area contributed by atoms with Crippen molar-refractivity contribution in [2.45, 2.75) is 17.3 Å². The van der Waals surface area contributed by atoms with E-state index in [0.717, 1.165) is 11.1 Å². The van der Waals surface area contributed by atoms with Gasteiger partial charge in [0.1, 0.15) is 0 Å². The van der Waals surface area contributed by atoms with Crippen molar-refractivity contribution in [2.24, 2.45) is 0 Å². The fourth-order valence-corrected chi connectivity index (χ4v) is 5.48. The van der Waals surface area contributed by atoms with Crippen LogP contribution in [-0.2, 0) is 15.0 Å². The molecule has 4 aliphatic carbocycles. The van der Waals surface area contributed by atoms with Crippen molar-refractivity contribution in [1.29, 1.82) is 0 Å². The Kier molecular flexibility index (Phi) is 1.76. The SMILES string of the molecule is O=C1C=CC(=O)C2=C1C1c3ccccc3C13c1ccccc1[C@@H]23. The molecular weight excluding hydrogens is 284 g/mol. The summed E-state index contributed by atoms with van der Waals surface area (Å²) in [6, 6.07) is 16.7. The molecule has 2 aromatic carbocycles. The summed E-state index contributed by atoms with van der Waals surface area (Å²) < 4.78 is 0. The van der Waals surface area contributed by atoms with Crippen LogP contribution in [0.15, 0.2) is 71.8 Å². The molecule has 0 fully saturated rings. The van der Waals surface area contributed by atoms with Crippen LogP contribution in [0.2, 0.25) is 0 Å². The van der Waals surface area contributed by atoms with Crippen molar-refractivity contribution in [3.8, 4) is 0 Å². The third-order valence-electron chi connectivity index (χ3n) is 6.13. The molecule has 108 valence electrons. The fraction of sp³-hybridized carbons (Fsp3) is 0.143. The highest BCUT2D eigenvalue weighted by Crippen LogP contribution is 2.77. The van der Waals surface area contributed by atoms with Crippen LogP contribution in [0.4, 0.5) is 0 Å². The summed E-state index contributed by atoms with van der Waals surface area (Å²) in [5, 5.41) is 0. The molecule has 4 aliphatic rings. The topological polar surface area (TPSA) is 34.1 Å². The predicted octanol–water partition coefficient (Wildman–Crippen LogP) is 3.19. The van der Waals surface area contributed by atoms with E-state index in [1.807, 2.05) is 12.1 Å². The Hall–Kier alpha value is -2.74. The van der Waals surface area contributed by atoms with Crippen LogP contribution < -0.4 is 0 Å². The maximum absolute atomic E-state index is 12.6. The number of benzene rings is 2. The van der Waals surface area contributed by atoms with E-state index < -0.39 is 0 Å². The molecule has 0 aromatic heterocycles. The summed E-state index contributed by atoms with van der Waals surface area (Å²) in [5.41, 5.74) is 6.35. The highest BCUT2D eigenvalue weighted by atomic mass is 16.1. The van der Waals surface area contributed by atoms with Crippen molar-refractivity contribution in [3.63, 3.8) is 0 Å². The van der Waals surface area contributed by atoms with Gasteiger partial charge < -0.3 is 0 Å². The van der Waals surface area contributed by atoms with Gasteiger partial charge in [0.2, 0.25) is 0 Å². The van der Waals surface area contributed by atoms with Crippen molar-refractivity contribution in [1.82, 2.24) is 0 Å². The zero-order valence-corrected chi connectivity index (χ0v) is 12.2. The molecule has 0 heterocycles. The lowest BCUT2D eigenvalue weighted by Crippen LogP contribution is -2.53. The Morgan fingerprint density at radius 2 is 1.09 bits per heavy atom. The van der Waals surface area contributed by atoms with Crippen molar-refractivity contribution >= 4 is 11.6 Å². The first-order valence-electron chi connectivity index (χ1n) is 7.96. The van der Waals surface area contributed by atoms with E-state index in [0.29, 0.717) is 0 Å². The molecule has 0 saturated heterocycles. The molecule has 6 rings (SSSR count). The maximum Gasteiger partial charge on any atom is 0.183 e. The number of hydrogen-bond donors (Lipinski definition) is 0. The maximum atomic E-state index is 12.6. The summed E-state index contributed by atoms with van der Waals surface area (Å²) in [6.45, 7) is 0. The van der Waals surface area contributed by atoms with Gasteiger partial charge in [-0.15, -0.1) is 0 Å². The summed E-state index contributed by atoms with van der Waals surface area (Å²) >= 11 is 0. The van der Waals surface area contributed by atoms with Gasteiger partial charge in [-0.2, -0.15) is 0 Å². The van der Waals surface area contributed by atoms with Crippen LogP contribution in [-0.4, -0.2) is 11.6 Å². The van der Waals surface area contributed by atoms with Gasteiger partial charge in [0.05, 0.1) is 0 Å². The Morgan fingerprint density at radius 3 is 1.57 bits per heavy atom. The smallest absolute Gasteiger partial charge is 0.183 e. The average molecular weight is 296 g/mol. The zero-order chi connectivity index (χ0) is 15.3. The first kappa shape index (κ1) is 11.8. The van der Waals surface area contributed by atoms with Crippen molar-refractivity contribution < 1.29 is 9.59 Å². The van der Waals surface area contributed by atoms with Gasteiger partial charge in [-0.05, 0) is 34.4 Å². The molecule has 0 amide bonds. The number of carbonyl (C=O) groups is 2. The molecule has 2 aromatic rings. The number of ketones is 2. The minimum atomic E-state index is -0.171. The minimum Gasteiger partial charge on any atom is -0.290 e. The van der Waals surface area contributed by atoms with Gasteiger partial charge in [0.25, 0.3) is 0 Å². The van der Waals surface area contributed by atoms with E-state index in [2.05, 4.69) is 36.4 Å². The monoisotopic (exact) mass is 296 g/mol. The number of rotatable bonds is 0. The van der Waals surface area contributed by atoms with E-state index in [-0.39, 0.29) is 28.8 Å². The minimum absolute atomic E-state index is 0.0128. The predicted molar refractivity (Wildman–Crippen MR) is 85.3 cm³/mol. The van der Waals surface area contributed by atoms with Crippen LogP contribution in [0, 0.1) is 0 Å². The molecule has 2 heteroatoms. The Morgan fingerprint density at radius 1 is 0.652 bits per heavy atom. The molecular formula is C21H12O2. The molecule has 2 nitrogen and oxygen atoms in total. The normalized spacial score (nSPS) is 31.5. The molecule has 0 bridgehead atoms.